The van der Waals surface area contributed by atoms with Crippen molar-refractivity contribution in [3.8, 4) is 11.5 Å². The molecule has 0 radical (unpaired) electrons. The number of Topliss-reactive ketones (excluding diaryl/α,β-unsaturated/α-hetero) is 1. The third-order valence-electron chi connectivity index (χ3n) is 3.22. The number of hydrogen-bond donors (Lipinski definition) is 1. The summed E-state index contributed by atoms with van der Waals surface area (Å²) >= 11 is 0. The standard InChI is InChI=1S/C13H16O3/c1-16-13-8-10(4-7-12(13)15)9-2-5-11(14)6-3-9/h4,7-9,15H,2-3,5-6H2,1H3. The smallest absolute Gasteiger partial charge is 0.160 e. The van der Waals surface area contributed by atoms with Gasteiger partial charge in [0.2, 0.25) is 0 Å². The summed E-state index contributed by atoms with van der Waals surface area (Å²) in [5.41, 5.74) is 1.15. The molecule has 1 N–H and O–H groups in total. The number of phenolic OH excluding ortho intramolecular Hbond substituents is 1. The van der Waals surface area contributed by atoms with Gasteiger partial charge in [0, 0.05) is 12.8 Å². The van der Waals surface area contributed by atoms with E-state index in [1.165, 1.54) is 0 Å². The van der Waals surface area contributed by atoms with Crippen molar-refractivity contribution in [3.63, 3.8) is 0 Å². The van der Waals surface area contributed by atoms with Gasteiger partial charge in [-0.2, -0.15) is 0 Å². The Morgan fingerprint density at radius 2 is 2.00 bits per heavy atom. The van der Waals surface area contributed by atoms with Gasteiger partial charge >= 0.3 is 0 Å². The fourth-order valence-corrected chi connectivity index (χ4v) is 2.22. The van der Waals surface area contributed by atoms with Crippen molar-refractivity contribution in [2.24, 2.45) is 0 Å². The first-order chi connectivity index (χ1) is 7.70. The zero-order chi connectivity index (χ0) is 11.5. The molecular weight excluding hydrogens is 204 g/mol. The van der Waals surface area contributed by atoms with Gasteiger partial charge in [0.15, 0.2) is 11.5 Å². The van der Waals surface area contributed by atoms with Crippen molar-refractivity contribution < 1.29 is 14.6 Å². The average Bonchev–Trinajstić information content (AvgIpc) is 2.31. The first kappa shape index (κ1) is 11.0. The minimum absolute atomic E-state index is 0.165. The van der Waals surface area contributed by atoms with Gasteiger partial charge in [-0.3, -0.25) is 4.79 Å². The van der Waals surface area contributed by atoms with Crippen LogP contribution in [0, 0.1) is 0 Å². The normalized spacial score (nSPS) is 17.4. The van der Waals surface area contributed by atoms with Crippen LogP contribution in [0.15, 0.2) is 18.2 Å². The van der Waals surface area contributed by atoms with Gasteiger partial charge in [-0.15, -0.1) is 0 Å². The van der Waals surface area contributed by atoms with Crippen LogP contribution in [0.4, 0.5) is 0 Å². The predicted molar refractivity (Wildman–Crippen MR) is 60.9 cm³/mol. The fourth-order valence-electron chi connectivity index (χ4n) is 2.22. The van der Waals surface area contributed by atoms with Crippen LogP contribution in [-0.4, -0.2) is 18.0 Å². The summed E-state index contributed by atoms with van der Waals surface area (Å²) in [4.78, 5) is 11.2. The van der Waals surface area contributed by atoms with E-state index in [1.807, 2.05) is 12.1 Å². The number of ether oxygens (including phenoxy) is 1. The van der Waals surface area contributed by atoms with Crippen molar-refractivity contribution >= 4 is 5.78 Å². The molecule has 1 saturated carbocycles. The maximum atomic E-state index is 11.2. The van der Waals surface area contributed by atoms with Crippen LogP contribution in [0.25, 0.3) is 0 Å². The lowest BCUT2D eigenvalue weighted by Crippen LogP contribution is -2.12. The highest BCUT2D eigenvalue weighted by Gasteiger charge is 2.20. The maximum Gasteiger partial charge on any atom is 0.160 e. The number of ketones is 1. The lowest BCUT2D eigenvalue weighted by Gasteiger charge is -2.21. The van der Waals surface area contributed by atoms with E-state index in [1.54, 1.807) is 13.2 Å². The molecule has 0 aliphatic heterocycles. The molecule has 86 valence electrons. The summed E-state index contributed by atoms with van der Waals surface area (Å²) in [6, 6.07) is 5.44. The van der Waals surface area contributed by atoms with E-state index < -0.39 is 0 Å². The third kappa shape index (κ3) is 2.18. The molecule has 0 aromatic heterocycles. The second kappa shape index (κ2) is 4.56. The van der Waals surface area contributed by atoms with Crippen molar-refractivity contribution in [2.45, 2.75) is 31.6 Å². The summed E-state index contributed by atoms with van der Waals surface area (Å²) < 4.78 is 5.08. The van der Waals surface area contributed by atoms with Crippen LogP contribution >= 0.6 is 0 Å². The molecule has 1 fully saturated rings. The molecule has 0 atom stereocenters. The van der Waals surface area contributed by atoms with Crippen LogP contribution in [0.3, 0.4) is 0 Å². The largest absolute Gasteiger partial charge is 0.504 e. The van der Waals surface area contributed by atoms with Crippen LogP contribution in [0.1, 0.15) is 37.2 Å². The fraction of sp³-hybridized carbons (Fsp3) is 0.462. The lowest BCUT2D eigenvalue weighted by atomic mass is 9.83. The van der Waals surface area contributed by atoms with Crippen molar-refractivity contribution in [3.05, 3.63) is 23.8 Å². The zero-order valence-electron chi connectivity index (χ0n) is 9.40. The highest BCUT2D eigenvalue weighted by molar-refractivity contribution is 5.79. The van der Waals surface area contributed by atoms with Gasteiger partial charge in [0.1, 0.15) is 5.78 Å². The van der Waals surface area contributed by atoms with Gasteiger partial charge in [-0.25, -0.2) is 0 Å². The van der Waals surface area contributed by atoms with E-state index in [4.69, 9.17) is 4.74 Å². The Hall–Kier alpha value is -1.51. The minimum Gasteiger partial charge on any atom is -0.504 e. The molecule has 1 aliphatic rings. The van der Waals surface area contributed by atoms with E-state index in [0.717, 1.165) is 18.4 Å². The van der Waals surface area contributed by atoms with E-state index in [2.05, 4.69) is 0 Å². The van der Waals surface area contributed by atoms with E-state index in [9.17, 15) is 9.90 Å². The molecule has 3 nitrogen and oxygen atoms in total. The number of carbonyl (C=O) groups is 1. The van der Waals surface area contributed by atoms with E-state index >= 15 is 0 Å². The molecular formula is C13H16O3. The van der Waals surface area contributed by atoms with E-state index in [-0.39, 0.29) is 5.75 Å². The molecule has 0 amide bonds. The number of carbonyl (C=O) groups excluding carboxylic acids is 1. The highest BCUT2D eigenvalue weighted by atomic mass is 16.5. The topological polar surface area (TPSA) is 46.5 Å². The predicted octanol–water partition coefficient (Wildman–Crippen LogP) is 2.63. The molecule has 0 unspecified atom stereocenters. The number of hydrogen-bond acceptors (Lipinski definition) is 3. The second-order valence-corrected chi connectivity index (χ2v) is 4.24. The van der Waals surface area contributed by atoms with Gasteiger partial charge < -0.3 is 9.84 Å². The Kier molecular flexibility index (Phi) is 3.13. The Labute approximate surface area is 95.0 Å². The lowest BCUT2D eigenvalue weighted by molar-refractivity contribution is -0.120. The molecule has 0 saturated heterocycles. The summed E-state index contributed by atoms with van der Waals surface area (Å²) in [5.74, 6) is 1.46. The monoisotopic (exact) mass is 220 g/mol. The number of aromatic hydroxyl groups is 1. The Morgan fingerprint density at radius 3 is 2.62 bits per heavy atom. The molecule has 1 aliphatic carbocycles. The summed E-state index contributed by atoms with van der Waals surface area (Å²) in [6.07, 6.45) is 3.17. The SMILES string of the molecule is COc1cc(C2CCC(=O)CC2)ccc1O. The highest BCUT2D eigenvalue weighted by Crippen LogP contribution is 2.35. The minimum atomic E-state index is 0.165. The molecule has 16 heavy (non-hydrogen) atoms. The summed E-state index contributed by atoms with van der Waals surface area (Å²) in [7, 11) is 1.54. The Morgan fingerprint density at radius 1 is 1.31 bits per heavy atom. The van der Waals surface area contributed by atoms with Crippen LogP contribution in [0.5, 0.6) is 11.5 Å². The van der Waals surface area contributed by atoms with Gasteiger partial charge in [0.25, 0.3) is 0 Å². The average molecular weight is 220 g/mol. The Balaban J connectivity index is 2.17. The third-order valence-corrected chi connectivity index (χ3v) is 3.22. The molecule has 0 heterocycles. The number of rotatable bonds is 2. The van der Waals surface area contributed by atoms with Gasteiger partial charge in [0.05, 0.1) is 7.11 Å². The number of phenols is 1. The summed E-state index contributed by atoms with van der Waals surface area (Å²) in [5, 5.41) is 9.50. The van der Waals surface area contributed by atoms with Gasteiger partial charge in [-0.05, 0) is 36.5 Å². The first-order valence-electron chi connectivity index (χ1n) is 5.59. The Bertz CT molecular complexity index is 388. The van der Waals surface area contributed by atoms with Crippen molar-refractivity contribution in [2.75, 3.05) is 7.11 Å². The van der Waals surface area contributed by atoms with Crippen molar-refractivity contribution in [1.82, 2.24) is 0 Å². The van der Waals surface area contributed by atoms with E-state index in [0.29, 0.717) is 30.3 Å². The second-order valence-electron chi connectivity index (χ2n) is 4.24. The van der Waals surface area contributed by atoms with Crippen LogP contribution in [0.2, 0.25) is 0 Å². The molecule has 0 bridgehead atoms. The van der Waals surface area contributed by atoms with Crippen molar-refractivity contribution in [1.29, 1.82) is 0 Å². The maximum absolute atomic E-state index is 11.2. The summed E-state index contributed by atoms with van der Waals surface area (Å²) in [6.45, 7) is 0. The van der Waals surface area contributed by atoms with Crippen LogP contribution in [-0.2, 0) is 4.79 Å². The van der Waals surface area contributed by atoms with Gasteiger partial charge in [-0.1, -0.05) is 6.07 Å². The molecule has 0 spiro atoms. The molecule has 2 rings (SSSR count). The van der Waals surface area contributed by atoms with Crippen LogP contribution < -0.4 is 4.74 Å². The molecule has 1 aromatic rings. The number of methoxy groups -OCH3 is 1. The molecule has 1 aromatic carbocycles. The quantitative estimate of drug-likeness (QED) is 0.833. The number of benzene rings is 1. The first-order valence-corrected chi connectivity index (χ1v) is 5.59. The molecule has 3 heteroatoms. The zero-order valence-corrected chi connectivity index (χ0v) is 9.40.